The summed E-state index contributed by atoms with van der Waals surface area (Å²) in [6.45, 7) is 10.3. The number of carbonyl (C=O) groups excluding carboxylic acids is 1. The summed E-state index contributed by atoms with van der Waals surface area (Å²) in [6, 6.07) is 10.5. The molecular formula is C18H28N2O2S. The van der Waals surface area contributed by atoms with E-state index >= 15 is 0 Å². The molecule has 1 aromatic rings. The molecule has 1 heterocycles. The molecule has 0 spiro atoms. The quantitative estimate of drug-likeness (QED) is 0.785. The van der Waals surface area contributed by atoms with Crippen molar-refractivity contribution < 1.29 is 9.53 Å². The molecule has 0 N–H and O–H groups in total. The van der Waals surface area contributed by atoms with Crippen LogP contribution in [0.3, 0.4) is 0 Å². The molecule has 0 bridgehead atoms. The molecule has 0 aromatic heterocycles. The molecule has 1 aliphatic heterocycles. The molecule has 5 heteroatoms. The number of ether oxygens (including phenoxy) is 1. The van der Waals surface area contributed by atoms with Crippen molar-refractivity contribution in [3.63, 3.8) is 0 Å². The fourth-order valence-corrected chi connectivity index (χ4v) is 3.45. The molecule has 1 amide bonds. The van der Waals surface area contributed by atoms with Crippen molar-refractivity contribution in [2.45, 2.75) is 37.7 Å². The summed E-state index contributed by atoms with van der Waals surface area (Å²) >= 11 is 1.89. The molecular weight excluding hydrogens is 308 g/mol. The molecule has 1 saturated heterocycles. The Kier molecular flexibility index (Phi) is 6.78. The second kappa shape index (κ2) is 8.60. The molecule has 0 atom stereocenters. The second-order valence-electron chi connectivity index (χ2n) is 6.82. The zero-order chi connectivity index (χ0) is 16.7. The van der Waals surface area contributed by atoms with Crippen molar-refractivity contribution in [1.82, 2.24) is 9.80 Å². The summed E-state index contributed by atoms with van der Waals surface area (Å²) in [6.07, 6.45) is 0.827. The Balaban J connectivity index is 1.72. The van der Waals surface area contributed by atoms with Crippen molar-refractivity contribution in [3.8, 4) is 0 Å². The summed E-state index contributed by atoms with van der Waals surface area (Å²) in [5.74, 6) is 1.08. The number of thioether (sulfide) groups is 1. The predicted octanol–water partition coefficient (Wildman–Crippen LogP) is 3.72. The van der Waals surface area contributed by atoms with Crippen LogP contribution in [0.1, 0.15) is 27.2 Å². The van der Waals surface area contributed by atoms with Gasteiger partial charge in [-0.3, -0.25) is 0 Å². The van der Waals surface area contributed by atoms with Crippen LogP contribution in [-0.2, 0) is 4.74 Å². The van der Waals surface area contributed by atoms with E-state index in [4.69, 9.17) is 4.74 Å². The number of hydrogen-bond donors (Lipinski definition) is 0. The first kappa shape index (κ1) is 18.1. The molecule has 0 aliphatic carbocycles. The maximum atomic E-state index is 12.2. The first-order valence-electron chi connectivity index (χ1n) is 8.32. The molecule has 4 nitrogen and oxygen atoms in total. The van der Waals surface area contributed by atoms with Gasteiger partial charge in [0, 0.05) is 36.8 Å². The van der Waals surface area contributed by atoms with Crippen LogP contribution in [0.5, 0.6) is 0 Å². The second-order valence-corrected chi connectivity index (χ2v) is 7.99. The molecule has 0 unspecified atom stereocenters. The van der Waals surface area contributed by atoms with Crippen LogP contribution < -0.4 is 0 Å². The van der Waals surface area contributed by atoms with Crippen LogP contribution in [-0.4, -0.2) is 60.0 Å². The normalized spacial score (nSPS) is 16.9. The Labute approximate surface area is 144 Å². The van der Waals surface area contributed by atoms with Gasteiger partial charge in [-0.25, -0.2) is 4.79 Å². The van der Waals surface area contributed by atoms with Gasteiger partial charge in [-0.15, -0.1) is 11.8 Å². The smallest absolute Gasteiger partial charge is 0.410 e. The maximum Gasteiger partial charge on any atom is 0.410 e. The van der Waals surface area contributed by atoms with Gasteiger partial charge in [0.05, 0.1) is 0 Å². The van der Waals surface area contributed by atoms with E-state index in [1.807, 2.05) is 43.5 Å². The summed E-state index contributed by atoms with van der Waals surface area (Å²) in [4.78, 5) is 17.8. The van der Waals surface area contributed by atoms with Gasteiger partial charge >= 0.3 is 6.09 Å². The molecule has 0 radical (unpaired) electrons. The summed E-state index contributed by atoms with van der Waals surface area (Å²) in [5, 5.41) is 0. The number of benzene rings is 1. The minimum Gasteiger partial charge on any atom is -0.444 e. The Morgan fingerprint density at radius 3 is 2.57 bits per heavy atom. The van der Waals surface area contributed by atoms with Gasteiger partial charge in [-0.1, -0.05) is 18.2 Å². The highest BCUT2D eigenvalue weighted by Gasteiger charge is 2.24. The van der Waals surface area contributed by atoms with Crippen LogP contribution in [0.15, 0.2) is 35.2 Å². The SMILES string of the molecule is CC(C)(C)OC(=O)N1CCCN(CCSc2ccccc2)CC1. The Hall–Kier alpha value is -1.20. The third kappa shape index (κ3) is 6.83. The topological polar surface area (TPSA) is 32.8 Å². The number of carbonyl (C=O) groups is 1. The minimum absolute atomic E-state index is 0.182. The van der Waals surface area contributed by atoms with E-state index in [2.05, 4.69) is 29.2 Å². The van der Waals surface area contributed by atoms with E-state index in [0.717, 1.165) is 44.9 Å². The molecule has 1 aliphatic rings. The third-order valence-electron chi connectivity index (χ3n) is 3.66. The largest absolute Gasteiger partial charge is 0.444 e. The van der Waals surface area contributed by atoms with E-state index in [1.54, 1.807) is 0 Å². The van der Waals surface area contributed by atoms with Gasteiger partial charge < -0.3 is 14.5 Å². The minimum atomic E-state index is -0.421. The summed E-state index contributed by atoms with van der Waals surface area (Å²) in [5.41, 5.74) is -0.421. The van der Waals surface area contributed by atoms with E-state index in [9.17, 15) is 4.79 Å². The van der Waals surface area contributed by atoms with Crippen molar-refractivity contribution in [2.75, 3.05) is 38.5 Å². The lowest BCUT2D eigenvalue weighted by Crippen LogP contribution is -2.39. The van der Waals surface area contributed by atoms with Crippen molar-refractivity contribution in [2.24, 2.45) is 0 Å². The van der Waals surface area contributed by atoms with E-state index in [0.29, 0.717) is 0 Å². The van der Waals surface area contributed by atoms with Gasteiger partial charge in [0.2, 0.25) is 0 Å². The predicted molar refractivity (Wildman–Crippen MR) is 96.0 cm³/mol. The van der Waals surface area contributed by atoms with Crippen LogP contribution >= 0.6 is 11.8 Å². The number of hydrogen-bond acceptors (Lipinski definition) is 4. The van der Waals surface area contributed by atoms with Gasteiger partial charge in [0.15, 0.2) is 0 Å². The Morgan fingerprint density at radius 2 is 1.87 bits per heavy atom. The lowest BCUT2D eigenvalue weighted by atomic mass is 10.2. The van der Waals surface area contributed by atoms with Gasteiger partial charge in [0.1, 0.15) is 5.60 Å². The van der Waals surface area contributed by atoms with Gasteiger partial charge in [-0.05, 0) is 45.9 Å². The highest BCUT2D eigenvalue weighted by Crippen LogP contribution is 2.17. The standard InChI is InChI=1S/C18H28N2O2S/c1-18(2,3)22-17(21)20-11-7-10-19(12-13-20)14-15-23-16-8-5-4-6-9-16/h4-6,8-9H,7,10-15H2,1-3H3. The molecule has 128 valence electrons. The van der Waals surface area contributed by atoms with E-state index in [1.165, 1.54) is 4.90 Å². The van der Waals surface area contributed by atoms with Crippen LogP contribution in [0, 0.1) is 0 Å². The fraction of sp³-hybridized carbons (Fsp3) is 0.611. The zero-order valence-electron chi connectivity index (χ0n) is 14.5. The first-order chi connectivity index (χ1) is 10.9. The summed E-state index contributed by atoms with van der Waals surface area (Å²) in [7, 11) is 0. The number of rotatable bonds is 4. The monoisotopic (exact) mass is 336 g/mol. The Morgan fingerprint density at radius 1 is 1.13 bits per heavy atom. The van der Waals surface area contributed by atoms with Crippen LogP contribution in [0.2, 0.25) is 0 Å². The lowest BCUT2D eigenvalue weighted by Gasteiger charge is -2.26. The molecule has 2 rings (SSSR count). The Bertz CT molecular complexity index is 488. The average molecular weight is 337 g/mol. The maximum absolute atomic E-state index is 12.2. The summed E-state index contributed by atoms with van der Waals surface area (Å²) < 4.78 is 5.47. The molecule has 1 aromatic carbocycles. The van der Waals surface area contributed by atoms with Crippen LogP contribution in [0.4, 0.5) is 4.79 Å². The average Bonchev–Trinajstić information content (AvgIpc) is 2.72. The first-order valence-corrected chi connectivity index (χ1v) is 9.31. The van der Waals surface area contributed by atoms with Gasteiger partial charge in [-0.2, -0.15) is 0 Å². The zero-order valence-corrected chi connectivity index (χ0v) is 15.3. The van der Waals surface area contributed by atoms with Crippen molar-refractivity contribution >= 4 is 17.9 Å². The fourth-order valence-electron chi connectivity index (χ4n) is 2.51. The molecule has 1 fully saturated rings. The van der Waals surface area contributed by atoms with Gasteiger partial charge in [0.25, 0.3) is 0 Å². The third-order valence-corrected chi connectivity index (χ3v) is 4.65. The molecule has 23 heavy (non-hydrogen) atoms. The van der Waals surface area contributed by atoms with Crippen molar-refractivity contribution in [1.29, 1.82) is 0 Å². The highest BCUT2D eigenvalue weighted by atomic mass is 32.2. The van der Waals surface area contributed by atoms with Crippen molar-refractivity contribution in [3.05, 3.63) is 30.3 Å². The van der Waals surface area contributed by atoms with Crippen LogP contribution in [0.25, 0.3) is 0 Å². The highest BCUT2D eigenvalue weighted by molar-refractivity contribution is 7.99. The number of nitrogens with zero attached hydrogens (tertiary/aromatic N) is 2. The number of amides is 1. The lowest BCUT2D eigenvalue weighted by molar-refractivity contribution is 0.0258. The van der Waals surface area contributed by atoms with E-state index in [-0.39, 0.29) is 6.09 Å². The van der Waals surface area contributed by atoms with E-state index < -0.39 is 5.60 Å². The molecule has 0 saturated carbocycles.